The number of β-amino-alcohol motifs (C(OH)–C–C–N with tert-alkyl or cyclic N) is 1. The fourth-order valence-electron chi connectivity index (χ4n) is 3.67. The molecular formula is C18H28N4O2. The first-order chi connectivity index (χ1) is 11.6. The van der Waals surface area contributed by atoms with Gasteiger partial charge in [0.1, 0.15) is 0 Å². The first-order valence-corrected chi connectivity index (χ1v) is 8.95. The number of piperazine rings is 1. The van der Waals surface area contributed by atoms with Crippen molar-refractivity contribution in [3.05, 3.63) is 30.1 Å². The predicted octanol–water partition coefficient (Wildman–Crippen LogP) is 0.744. The highest BCUT2D eigenvalue weighted by Gasteiger charge is 2.26. The molecule has 0 aromatic carbocycles. The number of aromatic nitrogens is 1. The molecule has 3 rings (SSSR count). The van der Waals surface area contributed by atoms with Gasteiger partial charge < -0.3 is 10.0 Å². The molecule has 0 unspecified atom stereocenters. The quantitative estimate of drug-likeness (QED) is 0.833. The van der Waals surface area contributed by atoms with Crippen LogP contribution in [0.15, 0.2) is 24.5 Å². The lowest BCUT2D eigenvalue weighted by atomic mass is 10.1. The Morgan fingerprint density at radius 1 is 1.21 bits per heavy atom. The van der Waals surface area contributed by atoms with Crippen molar-refractivity contribution in [1.29, 1.82) is 0 Å². The highest BCUT2D eigenvalue weighted by molar-refractivity contribution is 5.78. The molecule has 6 nitrogen and oxygen atoms in total. The zero-order valence-corrected chi connectivity index (χ0v) is 14.5. The number of aliphatic hydroxyl groups is 1. The second-order valence-electron chi connectivity index (χ2n) is 6.90. The maximum absolute atomic E-state index is 11.6. The van der Waals surface area contributed by atoms with Crippen molar-refractivity contribution >= 4 is 5.91 Å². The maximum atomic E-state index is 11.6. The van der Waals surface area contributed by atoms with Gasteiger partial charge in [-0.05, 0) is 25.0 Å². The lowest BCUT2D eigenvalue weighted by Gasteiger charge is -2.39. The van der Waals surface area contributed by atoms with Gasteiger partial charge in [-0.2, -0.15) is 0 Å². The number of rotatable bonds is 6. The Morgan fingerprint density at radius 3 is 2.62 bits per heavy atom. The van der Waals surface area contributed by atoms with Crippen LogP contribution in [0.5, 0.6) is 0 Å². The number of nitrogens with zero attached hydrogens (tertiary/aromatic N) is 4. The Bertz CT molecular complexity index is 531. The number of aliphatic hydroxyl groups excluding tert-OH is 1. The number of carbonyl (C=O) groups excluding carboxylic acids is 1. The van der Waals surface area contributed by atoms with Gasteiger partial charge >= 0.3 is 0 Å². The Balaban J connectivity index is 1.42. The first-order valence-electron chi connectivity index (χ1n) is 8.95. The normalized spacial score (nSPS) is 22.8. The van der Waals surface area contributed by atoms with Gasteiger partial charge in [-0.3, -0.25) is 19.6 Å². The summed E-state index contributed by atoms with van der Waals surface area (Å²) in [4.78, 5) is 22.4. The Hall–Kier alpha value is -1.50. The summed E-state index contributed by atoms with van der Waals surface area (Å²) in [7, 11) is 0. The predicted molar refractivity (Wildman–Crippen MR) is 92.5 cm³/mol. The summed E-state index contributed by atoms with van der Waals surface area (Å²) < 4.78 is 0. The molecule has 1 amide bonds. The maximum Gasteiger partial charge on any atom is 0.222 e. The lowest BCUT2D eigenvalue weighted by Crippen LogP contribution is -2.50. The van der Waals surface area contributed by atoms with E-state index in [1.165, 1.54) is 5.56 Å². The summed E-state index contributed by atoms with van der Waals surface area (Å²) in [6.45, 7) is 8.04. The smallest absolute Gasteiger partial charge is 0.222 e. The van der Waals surface area contributed by atoms with Gasteiger partial charge in [0.15, 0.2) is 0 Å². The Labute approximate surface area is 144 Å². The van der Waals surface area contributed by atoms with E-state index in [2.05, 4.69) is 27.8 Å². The van der Waals surface area contributed by atoms with Crippen LogP contribution < -0.4 is 0 Å². The number of amides is 1. The molecule has 1 aromatic heterocycles. The van der Waals surface area contributed by atoms with Gasteiger partial charge in [-0.15, -0.1) is 0 Å². The van der Waals surface area contributed by atoms with Gasteiger partial charge in [0.2, 0.25) is 5.91 Å². The minimum absolute atomic E-state index is 0.184. The van der Waals surface area contributed by atoms with Gasteiger partial charge in [0.25, 0.3) is 0 Å². The molecule has 0 spiro atoms. The number of pyridine rings is 1. The summed E-state index contributed by atoms with van der Waals surface area (Å²) in [6, 6.07) is 4.48. The molecule has 2 saturated heterocycles. The molecule has 1 aromatic rings. The van der Waals surface area contributed by atoms with E-state index in [1.807, 2.05) is 12.3 Å². The molecule has 1 N–H and O–H groups in total. The second-order valence-corrected chi connectivity index (χ2v) is 6.90. The van der Waals surface area contributed by atoms with Crippen LogP contribution in [0.2, 0.25) is 0 Å². The lowest BCUT2D eigenvalue weighted by molar-refractivity contribution is -0.129. The summed E-state index contributed by atoms with van der Waals surface area (Å²) in [5.41, 5.74) is 1.25. The van der Waals surface area contributed by atoms with E-state index in [-0.39, 0.29) is 5.91 Å². The van der Waals surface area contributed by atoms with E-state index >= 15 is 0 Å². The Morgan fingerprint density at radius 2 is 2.00 bits per heavy atom. The van der Waals surface area contributed by atoms with Crippen LogP contribution in [0, 0.1) is 0 Å². The first kappa shape index (κ1) is 17.3. The summed E-state index contributed by atoms with van der Waals surface area (Å²) in [6.07, 6.45) is 4.86. The van der Waals surface area contributed by atoms with Crippen molar-refractivity contribution in [3.8, 4) is 0 Å². The minimum Gasteiger partial charge on any atom is -0.390 e. The number of likely N-dealkylation sites (tertiary alicyclic amines) is 1. The molecule has 24 heavy (non-hydrogen) atoms. The number of hydrogen-bond donors (Lipinski definition) is 1. The van der Waals surface area contributed by atoms with Gasteiger partial charge in [0.05, 0.1) is 6.10 Å². The molecule has 0 saturated carbocycles. The molecule has 0 bridgehead atoms. The molecule has 6 heteroatoms. The molecule has 132 valence electrons. The largest absolute Gasteiger partial charge is 0.390 e. The van der Waals surface area contributed by atoms with Crippen LogP contribution >= 0.6 is 0 Å². The molecule has 2 fully saturated rings. The third kappa shape index (κ3) is 4.32. The van der Waals surface area contributed by atoms with Crippen molar-refractivity contribution < 1.29 is 9.90 Å². The van der Waals surface area contributed by atoms with Crippen molar-refractivity contribution in [2.24, 2.45) is 0 Å². The monoisotopic (exact) mass is 332 g/mol. The fourth-order valence-corrected chi connectivity index (χ4v) is 3.67. The van der Waals surface area contributed by atoms with E-state index in [0.29, 0.717) is 25.6 Å². The highest BCUT2D eigenvalue weighted by atomic mass is 16.3. The zero-order chi connectivity index (χ0) is 16.9. The van der Waals surface area contributed by atoms with Crippen LogP contribution in [0.25, 0.3) is 0 Å². The third-order valence-electron chi connectivity index (χ3n) is 5.19. The molecule has 2 atom stereocenters. The van der Waals surface area contributed by atoms with Gasteiger partial charge in [-0.25, -0.2) is 0 Å². The molecule has 0 radical (unpaired) electrons. The Kier molecular flexibility index (Phi) is 5.81. The van der Waals surface area contributed by atoms with Crippen molar-refractivity contribution in [2.75, 3.05) is 45.8 Å². The molecule has 2 aliphatic rings. The number of carbonyl (C=O) groups is 1. The second kappa shape index (κ2) is 8.05. The van der Waals surface area contributed by atoms with Crippen LogP contribution in [0.4, 0.5) is 0 Å². The summed E-state index contributed by atoms with van der Waals surface area (Å²) in [5, 5.41) is 10.3. The molecule has 0 aliphatic carbocycles. The summed E-state index contributed by atoms with van der Waals surface area (Å²) >= 11 is 0. The van der Waals surface area contributed by atoms with Crippen molar-refractivity contribution in [3.63, 3.8) is 0 Å². The summed E-state index contributed by atoms with van der Waals surface area (Å²) in [5.74, 6) is 0.184. The van der Waals surface area contributed by atoms with Crippen LogP contribution in [0.1, 0.15) is 31.4 Å². The van der Waals surface area contributed by atoms with Crippen molar-refractivity contribution in [2.45, 2.75) is 31.9 Å². The average Bonchev–Trinajstić information content (AvgIpc) is 3.00. The van der Waals surface area contributed by atoms with E-state index in [4.69, 9.17) is 0 Å². The molecule has 3 heterocycles. The number of hydrogen-bond acceptors (Lipinski definition) is 5. The van der Waals surface area contributed by atoms with Crippen LogP contribution in [-0.4, -0.2) is 82.6 Å². The van der Waals surface area contributed by atoms with Crippen molar-refractivity contribution in [1.82, 2.24) is 19.7 Å². The standard InChI is InChI=1S/C18H28N4O2/c1-15(16-4-2-6-19-12-16)21-10-8-20(9-11-21)13-17(23)14-22-7-3-5-18(22)24/h2,4,6,12,15,17,23H,3,5,7-11,13-14H2,1H3/t15-,17-/m0/s1. The van der Waals surface area contributed by atoms with E-state index in [1.54, 1.807) is 11.1 Å². The highest BCUT2D eigenvalue weighted by Crippen LogP contribution is 2.20. The van der Waals surface area contributed by atoms with Gasteiger partial charge in [-0.1, -0.05) is 6.07 Å². The SMILES string of the molecule is C[C@@H](c1cccnc1)N1CCN(C[C@H](O)CN2CCCC2=O)CC1. The van der Waals surface area contributed by atoms with Crippen LogP contribution in [-0.2, 0) is 4.79 Å². The van der Waals surface area contributed by atoms with E-state index in [9.17, 15) is 9.90 Å². The average molecular weight is 332 g/mol. The fraction of sp³-hybridized carbons (Fsp3) is 0.667. The van der Waals surface area contributed by atoms with E-state index in [0.717, 1.165) is 39.1 Å². The zero-order valence-electron chi connectivity index (χ0n) is 14.5. The van der Waals surface area contributed by atoms with E-state index < -0.39 is 6.10 Å². The van der Waals surface area contributed by atoms with Crippen LogP contribution in [0.3, 0.4) is 0 Å². The van der Waals surface area contributed by atoms with Gasteiger partial charge in [0, 0.05) is 70.7 Å². The minimum atomic E-state index is -0.450. The topological polar surface area (TPSA) is 59.9 Å². The molecular weight excluding hydrogens is 304 g/mol. The third-order valence-corrected chi connectivity index (χ3v) is 5.19. The molecule has 2 aliphatic heterocycles.